The van der Waals surface area contributed by atoms with Gasteiger partial charge in [0.05, 0.1) is 12.0 Å². The molecule has 0 spiro atoms. The van der Waals surface area contributed by atoms with Crippen LogP contribution < -0.4 is 10.6 Å². The standard InChI is InChI=1S/C15H20N2O3/c1-9(2)13(16)14(18)17-8-11(15(19)20)7-10-5-3-4-6-12(10)17/h3-6,9,11,13H,7-8,16H2,1-2H3,(H,19,20). The summed E-state index contributed by atoms with van der Waals surface area (Å²) in [6.45, 7) is 3.95. The van der Waals surface area contributed by atoms with Crippen LogP contribution in [-0.4, -0.2) is 29.6 Å². The van der Waals surface area contributed by atoms with Gasteiger partial charge in [-0.2, -0.15) is 0 Å². The van der Waals surface area contributed by atoms with E-state index in [-0.39, 0.29) is 18.4 Å². The first-order chi connectivity index (χ1) is 9.41. The van der Waals surface area contributed by atoms with E-state index in [0.29, 0.717) is 6.42 Å². The quantitative estimate of drug-likeness (QED) is 0.870. The van der Waals surface area contributed by atoms with Gasteiger partial charge < -0.3 is 15.7 Å². The lowest BCUT2D eigenvalue weighted by Crippen LogP contribution is -2.51. The Morgan fingerprint density at radius 2 is 2.00 bits per heavy atom. The van der Waals surface area contributed by atoms with Gasteiger partial charge in [-0.1, -0.05) is 32.0 Å². The van der Waals surface area contributed by atoms with Crippen molar-refractivity contribution in [2.45, 2.75) is 26.3 Å². The molecular formula is C15H20N2O3. The summed E-state index contributed by atoms with van der Waals surface area (Å²) in [6.07, 6.45) is 0.451. The average Bonchev–Trinajstić information content (AvgIpc) is 2.44. The molecule has 0 saturated heterocycles. The number of carbonyl (C=O) groups excluding carboxylic acids is 1. The van der Waals surface area contributed by atoms with Crippen molar-refractivity contribution in [2.75, 3.05) is 11.4 Å². The van der Waals surface area contributed by atoms with Crippen molar-refractivity contribution in [3.8, 4) is 0 Å². The first kappa shape index (κ1) is 14.5. The van der Waals surface area contributed by atoms with Crippen LogP contribution in [0.5, 0.6) is 0 Å². The number of hydrogen-bond donors (Lipinski definition) is 2. The molecule has 1 aromatic rings. The zero-order chi connectivity index (χ0) is 14.9. The van der Waals surface area contributed by atoms with Gasteiger partial charge in [-0.05, 0) is 24.0 Å². The smallest absolute Gasteiger partial charge is 0.308 e. The predicted molar refractivity (Wildman–Crippen MR) is 76.4 cm³/mol. The van der Waals surface area contributed by atoms with E-state index in [2.05, 4.69) is 0 Å². The highest BCUT2D eigenvalue weighted by Gasteiger charge is 2.34. The fourth-order valence-electron chi connectivity index (χ4n) is 2.43. The number of para-hydroxylation sites is 1. The number of carboxylic acid groups (broad SMARTS) is 1. The van der Waals surface area contributed by atoms with E-state index in [1.165, 1.54) is 4.90 Å². The lowest BCUT2D eigenvalue weighted by atomic mass is 9.91. The van der Waals surface area contributed by atoms with Crippen LogP contribution in [0.3, 0.4) is 0 Å². The van der Waals surface area contributed by atoms with Gasteiger partial charge in [0.2, 0.25) is 5.91 Å². The maximum atomic E-state index is 12.5. The Bertz CT molecular complexity index is 528. The zero-order valence-electron chi connectivity index (χ0n) is 11.7. The molecule has 1 aliphatic rings. The maximum Gasteiger partial charge on any atom is 0.308 e. The number of hydrogen-bond acceptors (Lipinski definition) is 3. The molecule has 0 radical (unpaired) electrons. The predicted octanol–water partition coefficient (Wildman–Crippen LogP) is 1.26. The number of anilines is 1. The van der Waals surface area contributed by atoms with Crippen molar-refractivity contribution < 1.29 is 14.7 Å². The summed E-state index contributed by atoms with van der Waals surface area (Å²) in [5.41, 5.74) is 7.60. The lowest BCUT2D eigenvalue weighted by molar-refractivity contribution is -0.141. The monoisotopic (exact) mass is 276 g/mol. The number of aliphatic carboxylic acids is 1. The van der Waals surface area contributed by atoms with E-state index in [1.54, 1.807) is 0 Å². The molecule has 5 heteroatoms. The topological polar surface area (TPSA) is 83.6 Å². The van der Waals surface area contributed by atoms with Crippen LogP contribution in [0.25, 0.3) is 0 Å². The van der Waals surface area contributed by atoms with Crippen LogP contribution >= 0.6 is 0 Å². The second-order valence-corrected chi connectivity index (χ2v) is 5.59. The Morgan fingerprint density at radius 3 is 2.60 bits per heavy atom. The van der Waals surface area contributed by atoms with Gasteiger partial charge in [-0.15, -0.1) is 0 Å². The summed E-state index contributed by atoms with van der Waals surface area (Å²) < 4.78 is 0. The summed E-state index contributed by atoms with van der Waals surface area (Å²) in [6, 6.07) is 6.80. The molecule has 0 bridgehead atoms. The van der Waals surface area contributed by atoms with E-state index in [0.717, 1.165) is 11.3 Å². The average molecular weight is 276 g/mol. The summed E-state index contributed by atoms with van der Waals surface area (Å²) in [7, 11) is 0. The fourth-order valence-corrected chi connectivity index (χ4v) is 2.43. The van der Waals surface area contributed by atoms with E-state index in [1.807, 2.05) is 38.1 Å². The van der Waals surface area contributed by atoms with Gasteiger partial charge in [-0.25, -0.2) is 0 Å². The Labute approximate surface area is 118 Å². The molecule has 0 fully saturated rings. The van der Waals surface area contributed by atoms with Crippen LogP contribution in [-0.2, 0) is 16.0 Å². The van der Waals surface area contributed by atoms with Crippen LogP contribution in [0, 0.1) is 11.8 Å². The minimum absolute atomic E-state index is 0.0138. The van der Waals surface area contributed by atoms with Gasteiger partial charge in [0.15, 0.2) is 0 Å². The van der Waals surface area contributed by atoms with Crippen molar-refractivity contribution in [3.05, 3.63) is 29.8 Å². The Balaban J connectivity index is 2.36. The van der Waals surface area contributed by atoms with Gasteiger partial charge in [0.1, 0.15) is 0 Å². The number of fused-ring (bicyclic) bond motifs is 1. The van der Waals surface area contributed by atoms with Crippen molar-refractivity contribution in [2.24, 2.45) is 17.6 Å². The summed E-state index contributed by atoms with van der Waals surface area (Å²) >= 11 is 0. The van der Waals surface area contributed by atoms with Crippen LogP contribution in [0.2, 0.25) is 0 Å². The van der Waals surface area contributed by atoms with Crippen molar-refractivity contribution in [1.82, 2.24) is 0 Å². The molecule has 2 unspecified atom stereocenters. The first-order valence-electron chi connectivity index (χ1n) is 6.79. The number of amides is 1. The molecule has 2 rings (SSSR count). The third kappa shape index (κ3) is 2.67. The number of nitrogens with zero attached hydrogens (tertiary/aromatic N) is 1. The summed E-state index contributed by atoms with van der Waals surface area (Å²) in [5.74, 6) is -1.65. The molecule has 1 amide bonds. The number of benzene rings is 1. The molecule has 0 aliphatic carbocycles. The summed E-state index contributed by atoms with van der Waals surface area (Å²) in [5, 5.41) is 9.24. The van der Waals surface area contributed by atoms with Gasteiger partial charge in [0, 0.05) is 12.2 Å². The van der Waals surface area contributed by atoms with Crippen LogP contribution in [0.1, 0.15) is 19.4 Å². The van der Waals surface area contributed by atoms with Crippen molar-refractivity contribution >= 4 is 17.6 Å². The molecule has 1 heterocycles. The molecule has 3 N–H and O–H groups in total. The third-order valence-electron chi connectivity index (χ3n) is 3.77. The molecule has 108 valence electrons. The Hall–Kier alpha value is -1.88. The molecule has 0 saturated carbocycles. The maximum absolute atomic E-state index is 12.5. The highest BCUT2D eigenvalue weighted by Crippen LogP contribution is 2.30. The zero-order valence-corrected chi connectivity index (χ0v) is 11.7. The Morgan fingerprint density at radius 1 is 1.35 bits per heavy atom. The lowest BCUT2D eigenvalue weighted by Gasteiger charge is -2.35. The number of nitrogens with two attached hydrogens (primary N) is 1. The number of rotatable bonds is 3. The van der Waals surface area contributed by atoms with E-state index in [4.69, 9.17) is 5.73 Å². The molecule has 5 nitrogen and oxygen atoms in total. The molecule has 2 atom stereocenters. The highest BCUT2D eigenvalue weighted by molar-refractivity contribution is 5.99. The van der Waals surface area contributed by atoms with Crippen LogP contribution in [0.4, 0.5) is 5.69 Å². The second-order valence-electron chi connectivity index (χ2n) is 5.59. The molecule has 1 aromatic carbocycles. The SMILES string of the molecule is CC(C)C(N)C(=O)N1CC(C(=O)O)Cc2ccccc21. The third-order valence-corrected chi connectivity index (χ3v) is 3.77. The van der Waals surface area contributed by atoms with Gasteiger partial charge in [0.25, 0.3) is 0 Å². The Kier molecular flexibility index (Phi) is 4.09. The first-order valence-corrected chi connectivity index (χ1v) is 6.79. The largest absolute Gasteiger partial charge is 0.481 e. The highest BCUT2D eigenvalue weighted by atomic mass is 16.4. The molecule has 20 heavy (non-hydrogen) atoms. The number of carboxylic acids is 1. The molecule has 0 aromatic heterocycles. The molecular weight excluding hydrogens is 256 g/mol. The minimum Gasteiger partial charge on any atom is -0.481 e. The van der Waals surface area contributed by atoms with E-state index < -0.39 is 17.9 Å². The van der Waals surface area contributed by atoms with Crippen molar-refractivity contribution in [1.29, 1.82) is 0 Å². The van der Waals surface area contributed by atoms with E-state index in [9.17, 15) is 14.7 Å². The van der Waals surface area contributed by atoms with Gasteiger partial charge >= 0.3 is 5.97 Å². The van der Waals surface area contributed by atoms with Gasteiger partial charge in [-0.3, -0.25) is 9.59 Å². The van der Waals surface area contributed by atoms with Crippen molar-refractivity contribution in [3.63, 3.8) is 0 Å². The second kappa shape index (κ2) is 5.63. The summed E-state index contributed by atoms with van der Waals surface area (Å²) in [4.78, 5) is 25.3. The normalized spacial score (nSPS) is 19.6. The van der Waals surface area contributed by atoms with Crippen LogP contribution in [0.15, 0.2) is 24.3 Å². The molecule has 1 aliphatic heterocycles. The number of carbonyl (C=O) groups is 2. The van der Waals surface area contributed by atoms with E-state index >= 15 is 0 Å². The fraction of sp³-hybridized carbons (Fsp3) is 0.467. The minimum atomic E-state index is -0.879.